The van der Waals surface area contributed by atoms with E-state index in [1.54, 1.807) is 29.9 Å². The smallest absolute Gasteiger partial charge is 0.262 e. The number of benzene rings is 1. The zero-order valence-corrected chi connectivity index (χ0v) is 17.0. The quantitative estimate of drug-likeness (QED) is 0.473. The van der Waals surface area contributed by atoms with Crippen molar-refractivity contribution in [2.45, 2.75) is 49.4 Å². The van der Waals surface area contributed by atoms with Gasteiger partial charge >= 0.3 is 0 Å². The number of furan rings is 1. The summed E-state index contributed by atoms with van der Waals surface area (Å²) in [5.41, 5.74) is 0.531. The first kappa shape index (κ1) is 19.7. The molecule has 29 heavy (non-hydrogen) atoms. The van der Waals surface area contributed by atoms with E-state index < -0.39 is 5.25 Å². The number of nitrogens with zero attached hydrogens (tertiary/aromatic N) is 2. The summed E-state index contributed by atoms with van der Waals surface area (Å²) in [7, 11) is 0. The summed E-state index contributed by atoms with van der Waals surface area (Å²) in [6, 6.07) is 10.9. The van der Waals surface area contributed by atoms with Crippen LogP contribution in [0.4, 0.5) is 0 Å². The van der Waals surface area contributed by atoms with Gasteiger partial charge in [0.05, 0.1) is 41.6 Å². The average Bonchev–Trinajstić information content (AvgIpc) is 3.43. The largest absolute Gasteiger partial charge is 0.467 e. The number of aromatic nitrogens is 2. The molecule has 0 aliphatic carbocycles. The lowest BCUT2D eigenvalue weighted by Gasteiger charge is -2.18. The van der Waals surface area contributed by atoms with Gasteiger partial charge in [-0.1, -0.05) is 23.9 Å². The van der Waals surface area contributed by atoms with Gasteiger partial charge in [0.1, 0.15) is 5.76 Å². The second-order valence-electron chi connectivity index (χ2n) is 7.02. The summed E-state index contributed by atoms with van der Waals surface area (Å²) < 4.78 is 12.6. The fraction of sp³-hybridized carbons (Fsp3) is 0.381. The van der Waals surface area contributed by atoms with Crippen LogP contribution >= 0.6 is 11.8 Å². The molecule has 7 nitrogen and oxygen atoms in total. The van der Waals surface area contributed by atoms with Crippen LogP contribution in [-0.2, 0) is 22.6 Å². The van der Waals surface area contributed by atoms with Gasteiger partial charge in [-0.2, -0.15) is 0 Å². The van der Waals surface area contributed by atoms with Gasteiger partial charge in [-0.3, -0.25) is 14.2 Å². The van der Waals surface area contributed by atoms with Crippen molar-refractivity contribution >= 4 is 28.6 Å². The third-order valence-electron chi connectivity index (χ3n) is 4.91. The van der Waals surface area contributed by atoms with Crippen molar-refractivity contribution in [2.24, 2.45) is 0 Å². The van der Waals surface area contributed by atoms with E-state index in [2.05, 4.69) is 10.3 Å². The van der Waals surface area contributed by atoms with Gasteiger partial charge in [0, 0.05) is 6.61 Å². The molecule has 0 bridgehead atoms. The van der Waals surface area contributed by atoms with Crippen LogP contribution in [0.25, 0.3) is 10.9 Å². The number of thioether (sulfide) groups is 1. The third-order valence-corrected chi connectivity index (χ3v) is 6.00. The highest BCUT2D eigenvalue weighted by Crippen LogP contribution is 2.24. The minimum Gasteiger partial charge on any atom is -0.467 e. The molecule has 0 unspecified atom stereocenters. The molecule has 0 spiro atoms. The predicted molar refractivity (Wildman–Crippen MR) is 111 cm³/mol. The number of carbonyl (C=O) groups excluding carboxylic acids is 1. The Kier molecular flexibility index (Phi) is 6.01. The number of hydrogen-bond acceptors (Lipinski definition) is 6. The average molecular weight is 413 g/mol. The van der Waals surface area contributed by atoms with Crippen LogP contribution in [0.15, 0.2) is 57.0 Å². The Bertz CT molecular complexity index is 1040. The molecule has 152 valence electrons. The van der Waals surface area contributed by atoms with Crippen LogP contribution < -0.4 is 10.9 Å². The lowest BCUT2D eigenvalue weighted by Crippen LogP contribution is -2.32. The molecular weight excluding hydrogens is 390 g/mol. The van der Waals surface area contributed by atoms with Crippen LogP contribution in [0.5, 0.6) is 0 Å². The van der Waals surface area contributed by atoms with Gasteiger partial charge in [0.25, 0.3) is 5.56 Å². The summed E-state index contributed by atoms with van der Waals surface area (Å²) in [5.74, 6) is 0.548. The normalized spacial score (nSPS) is 17.5. The van der Waals surface area contributed by atoms with Crippen LogP contribution in [0.3, 0.4) is 0 Å². The molecule has 1 aliphatic heterocycles. The van der Waals surface area contributed by atoms with Crippen molar-refractivity contribution in [2.75, 3.05) is 6.61 Å². The Balaban J connectivity index is 1.57. The molecule has 8 heteroatoms. The van der Waals surface area contributed by atoms with Gasteiger partial charge in [0.15, 0.2) is 5.16 Å². The summed E-state index contributed by atoms with van der Waals surface area (Å²) in [6.07, 6.45) is 3.48. The topological polar surface area (TPSA) is 86.4 Å². The maximum Gasteiger partial charge on any atom is 0.262 e. The molecule has 2 atom stereocenters. The number of fused-ring (bicyclic) bond motifs is 1. The van der Waals surface area contributed by atoms with E-state index in [1.165, 1.54) is 11.8 Å². The molecule has 1 fully saturated rings. The number of amides is 1. The second-order valence-corrected chi connectivity index (χ2v) is 8.33. The molecule has 1 amide bonds. The molecular formula is C21H23N3O4S. The molecule has 1 saturated heterocycles. The van der Waals surface area contributed by atoms with E-state index in [0.717, 1.165) is 12.8 Å². The van der Waals surface area contributed by atoms with E-state index in [-0.39, 0.29) is 17.6 Å². The Hall–Kier alpha value is -2.58. The van der Waals surface area contributed by atoms with Crippen LogP contribution in [0.1, 0.15) is 25.5 Å². The van der Waals surface area contributed by atoms with Crippen molar-refractivity contribution in [1.29, 1.82) is 0 Å². The predicted octanol–water partition coefficient (Wildman–Crippen LogP) is 2.97. The lowest BCUT2D eigenvalue weighted by molar-refractivity contribution is -0.120. The number of carbonyl (C=O) groups is 1. The maximum atomic E-state index is 13.1. The molecule has 1 N–H and O–H groups in total. The molecule has 2 aromatic heterocycles. The van der Waals surface area contributed by atoms with Crippen molar-refractivity contribution in [3.8, 4) is 0 Å². The van der Waals surface area contributed by atoms with Gasteiger partial charge < -0.3 is 14.5 Å². The Morgan fingerprint density at radius 1 is 1.34 bits per heavy atom. The van der Waals surface area contributed by atoms with Gasteiger partial charge in [-0.05, 0) is 44.0 Å². The van der Waals surface area contributed by atoms with E-state index >= 15 is 0 Å². The van der Waals surface area contributed by atoms with Gasteiger partial charge in [0.2, 0.25) is 5.91 Å². The molecule has 1 aromatic carbocycles. The molecule has 3 aromatic rings. The van der Waals surface area contributed by atoms with Crippen molar-refractivity contribution in [3.63, 3.8) is 0 Å². The zero-order chi connectivity index (χ0) is 20.2. The summed E-state index contributed by atoms with van der Waals surface area (Å²) in [6.45, 7) is 3.29. The monoisotopic (exact) mass is 413 g/mol. The Morgan fingerprint density at radius 2 is 2.21 bits per heavy atom. The number of rotatable bonds is 7. The van der Waals surface area contributed by atoms with Gasteiger partial charge in [-0.25, -0.2) is 4.98 Å². The number of ether oxygens (including phenoxy) is 1. The van der Waals surface area contributed by atoms with Crippen LogP contribution in [0, 0.1) is 0 Å². The van der Waals surface area contributed by atoms with E-state index in [1.807, 2.05) is 24.3 Å². The van der Waals surface area contributed by atoms with E-state index in [9.17, 15) is 9.59 Å². The third kappa shape index (κ3) is 4.54. The molecule has 4 rings (SSSR count). The molecule has 3 heterocycles. The fourth-order valence-electron chi connectivity index (χ4n) is 3.33. The first-order valence-corrected chi connectivity index (χ1v) is 10.6. The van der Waals surface area contributed by atoms with Gasteiger partial charge in [-0.15, -0.1) is 0 Å². The standard InChI is InChI=1S/C21H23N3O4S/c1-14(19(25)22-12-15-6-4-10-27-15)29-21-23-18-9-3-2-8-17(18)20(26)24(21)13-16-7-5-11-28-16/h2-4,6,8-10,14,16H,5,7,11-13H2,1H3,(H,22,25)/t14-,16-/m0/s1. The summed E-state index contributed by atoms with van der Waals surface area (Å²) >= 11 is 1.28. The highest BCUT2D eigenvalue weighted by molar-refractivity contribution is 8.00. The van der Waals surface area contributed by atoms with Crippen molar-refractivity contribution < 1.29 is 13.9 Å². The fourth-order valence-corrected chi connectivity index (χ4v) is 4.28. The number of nitrogens with one attached hydrogen (secondary N) is 1. The second kappa shape index (κ2) is 8.84. The first-order chi connectivity index (χ1) is 14.1. The first-order valence-electron chi connectivity index (χ1n) is 9.70. The van der Waals surface area contributed by atoms with Crippen molar-refractivity contribution in [1.82, 2.24) is 14.9 Å². The van der Waals surface area contributed by atoms with Crippen LogP contribution in [0.2, 0.25) is 0 Å². The van der Waals surface area contributed by atoms with Crippen molar-refractivity contribution in [3.05, 3.63) is 58.8 Å². The zero-order valence-electron chi connectivity index (χ0n) is 16.2. The molecule has 0 saturated carbocycles. The van der Waals surface area contributed by atoms with Crippen LogP contribution in [-0.4, -0.2) is 33.4 Å². The molecule has 0 radical (unpaired) electrons. The maximum absolute atomic E-state index is 13.1. The number of para-hydroxylation sites is 1. The Labute approximate surface area is 172 Å². The SMILES string of the molecule is C[C@H](Sc1nc2ccccc2c(=O)n1C[C@@H]1CCCO1)C(=O)NCc1ccco1. The number of hydrogen-bond donors (Lipinski definition) is 1. The summed E-state index contributed by atoms with van der Waals surface area (Å²) in [5, 5.41) is 3.54. The minimum absolute atomic E-state index is 0.00176. The highest BCUT2D eigenvalue weighted by Gasteiger charge is 2.23. The van der Waals surface area contributed by atoms with E-state index in [0.29, 0.717) is 41.5 Å². The summed E-state index contributed by atoms with van der Waals surface area (Å²) in [4.78, 5) is 30.3. The lowest BCUT2D eigenvalue weighted by atomic mass is 10.2. The van der Waals surface area contributed by atoms with E-state index in [4.69, 9.17) is 9.15 Å². The molecule has 1 aliphatic rings. The minimum atomic E-state index is -0.422. The highest BCUT2D eigenvalue weighted by atomic mass is 32.2. The Morgan fingerprint density at radius 3 is 2.97 bits per heavy atom.